The van der Waals surface area contributed by atoms with Gasteiger partial charge in [-0.15, -0.1) is 0 Å². The van der Waals surface area contributed by atoms with Crippen molar-refractivity contribution in [3.63, 3.8) is 0 Å². The van der Waals surface area contributed by atoms with Crippen LogP contribution >= 0.6 is 0 Å². The molecule has 24 heavy (non-hydrogen) atoms. The molecular formula is C19H13N4O. The van der Waals surface area contributed by atoms with Crippen LogP contribution in [0.25, 0.3) is 33.4 Å². The Morgan fingerprint density at radius 2 is 1.58 bits per heavy atom. The highest BCUT2D eigenvalue weighted by Crippen LogP contribution is 2.36. The summed E-state index contributed by atoms with van der Waals surface area (Å²) >= 11 is 0. The third-order valence-corrected chi connectivity index (χ3v) is 3.88. The highest BCUT2D eigenvalue weighted by molar-refractivity contribution is 6.12. The smallest absolute Gasteiger partial charge is 0.250 e. The Balaban J connectivity index is 2.16. The molecule has 3 N–H and O–H groups in total. The first-order chi connectivity index (χ1) is 11.8. The Morgan fingerprint density at radius 3 is 2.21 bits per heavy atom. The largest absolute Gasteiger partial charge is 0.366 e. The van der Waals surface area contributed by atoms with Crippen LogP contribution in [-0.2, 0) is 0 Å². The lowest BCUT2D eigenvalue weighted by atomic mass is 9.93. The van der Waals surface area contributed by atoms with Gasteiger partial charge >= 0.3 is 0 Å². The summed E-state index contributed by atoms with van der Waals surface area (Å²) in [4.78, 5) is 16.9. The summed E-state index contributed by atoms with van der Waals surface area (Å²) in [7, 11) is 0. The summed E-state index contributed by atoms with van der Waals surface area (Å²) < 4.78 is 0. The van der Waals surface area contributed by atoms with E-state index in [4.69, 9.17) is 5.73 Å². The summed E-state index contributed by atoms with van der Waals surface area (Å²) in [5.41, 5.74) is 9.70. The fourth-order valence-electron chi connectivity index (χ4n) is 2.85. The number of nitrogens with one attached hydrogen (secondary N) is 1. The van der Waals surface area contributed by atoms with Gasteiger partial charge < -0.3 is 5.73 Å². The van der Waals surface area contributed by atoms with E-state index in [0.717, 1.165) is 11.1 Å². The molecule has 2 aromatic heterocycles. The number of hydrogen-bond acceptors (Lipinski definition) is 3. The van der Waals surface area contributed by atoms with Gasteiger partial charge in [-0.05, 0) is 5.56 Å². The van der Waals surface area contributed by atoms with Crippen LogP contribution in [0.5, 0.6) is 0 Å². The number of primary amides is 1. The second-order valence-corrected chi connectivity index (χ2v) is 5.37. The molecule has 1 amide bonds. The predicted molar refractivity (Wildman–Crippen MR) is 92.1 cm³/mol. The minimum absolute atomic E-state index is 0.374. The van der Waals surface area contributed by atoms with Gasteiger partial charge in [0.2, 0.25) is 5.91 Å². The van der Waals surface area contributed by atoms with Crippen molar-refractivity contribution in [2.24, 2.45) is 5.73 Å². The van der Waals surface area contributed by atoms with Crippen molar-refractivity contribution in [2.45, 2.75) is 0 Å². The van der Waals surface area contributed by atoms with Crippen molar-refractivity contribution >= 4 is 16.9 Å². The molecule has 0 atom stereocenters. The van der Waals surface area contributed by atoms with Crippen LogP contribution in [0.3, 0.4) is 0 Å². The topological polar surface area (TPSA) is 84.7 Å². The van der Waals surface area contributed by atoms with Crippen LogP contribution in [0, 0.1) is 6.20 Å². The molecule has 0 aliphatic heterocycles. The molecule has 0 saturated heterocycles. The van der Waals surface area contributed by atoms with Gasteiger partial charge in [0.05, 0.1) is 16.6 Å². The lowest BCUT2D eigenvalue weighted by molar-refractivity contribution is 0.100. The number of H-pyrrole nitrogens is 1. The fraction of sp³-hybridized carbons (Fsp3) is 0. The minimum atomic E-state index is -0.531. The Morgan fingerprint density at radius 1 is 0.958 bits per heavy atom. The molecule has 0 unspecified atom stereocenters. The minimum Gasteiger partial charge on any atom is -0.366 e. The Kier molecular flexibility index (Phi) is 3.31. The number of aromatic amines is 1. The number of fused-ring (bicyclic) bond motifs is 1. The number of carbonyl (C=O) groups is 1. The summed E-state index contributed by atoms with van der Waals surface area (Å²) in [6.45, 7) is 0. The van der Waals surface area contributed by atoms with Crippen LogP contribution < -0.4 is 5.73 Å². The van der Waals surface area contributed by atoms with Gasteiger partial charge in [0.25, 0.3) is 0 Å². The van der Waals surface area contributed by atoms with Crippen molar-refractivity contribution in [3.8, 4) is 22.4 Å². The Hall–Kier alpha value is -3.47. The number of nitrogens with two attached hydrogens (primary N) is 1. The first-order valence-electron chi connectivity index (χ1n) is 7.46. The van der Waals surface area contributed by atoms with Gasteiger partial charge in [0.15, 0.2) is 5.65 Å². The monoisotopic (exact) mass is 313 g/mol. The highest BCUT2D eigenvalue weighted by Gasteiger charge is 2.22. The SMILES string of the molecule is NC(=O)c1c(-c2ccccc2)c(-c2ccccc2)nc2[nH]n[c]c12. The second kappa shape index (κ2) is 5.62. The standard InChI is InChI=1S/C19H13N4O/c20-18(24)16-14-11-21-23-19(14)22-17(13-9-5-2-6-10-13)15(16)12-7-3-1-4-8-12/h1-10H,(H2,20,24)(H,21,22,23). The molecule has 2 heterocycles. The second-order valence-electron chi connectivity index (χ2n) is 5.37. The first-order valence-corrected chi connectivity index (χ1v) is 7.46. The lowest BCUT2D eigenvalue weighted by Crippen LogP contribution is -2.14. The van der Waals surface area contributed by atoms with E-state index in [9.17, 15) is 4.79 Å². The van der Waals surface area contributed by atoms with E-state index < -0.39 is 5.91 Å². The van der Waals surface area contributed by atoms with Gasteiger partial charge in [-0.25, -0.2) is 4.98 Å². The summed E-state index contributed by atoms with van der Waals surface area (Å²) in [6, 6.07) is 19.3. The zero-order chi connectivity index (χ0) is 16.5. The summed E-state index contributed by atoms with van der Waals surface area (Å²) in [5, 5.41) is 7.17. The number of hydrogen-bond donors (Lipinski definition) is 2. The third-order valence-electron chi connectivity index (χ3n) is 3.88. The van der Waals surface area contributed by atoms with Gasteiger partial charge in [-0.3, -0.25) is 9.89 Å². The van der Waals surface area contributed by atoms with Gasteiger partial charge in [0.1, 0.15) is 6.20 Å². The van der Waals surface area contributed by atoms with Gasteiger partial charge in [-0.2, -0.15) is 5.10 Å². The molecule has 0 saturated carbocycles. The average molecular weight is 313 g/mol. The van der Waals surface area contributed by atoms with E-state index >= 15 is 0 Å². The number of rotatable bonds is 3. The summed E-state index contributed by atoms with van der Waals surface area (Å²) in [6.07, 6.45) is 2.79. The van der Waals surface area contributed by atoms with E-state index in [1.54, 1.807) is 0 Å². The number of carbonyl (C=O) groups excluding carboxylic acids is 1. The molecule has 0 aliphatic carbocycles. The van der Waals surface area contributed by atoms with E-state index in [1.165, 1.54) is 0 Å². The van der Waals surface area contributed by atoms with Crippen LogP contribution in [0.4, 0.5) is 0 Å². The summed E-state index contributed by atoms with van der Waals surface area (Å²) in [5.74, 6) is -0.531. The lowest BCUT2D eigenvalue weighted by Gasteiger charge is -2.14. The maximum absolute atomic E-state index is 12.2. The van der Waals surface area contributed by atoms with E-state index in [1.807, 2.05) is 60.7 Å². The fourth-order valence-corrected chi connectivity index (χ4v) is 2.85. The maximum atomic E-state index is 12.2. The van der Waals surface area contributed by atoms with E-state index in [2.05, 4.69) is 21.4 Å². The molecule has 5 nitrogen and oxygen atoms in total. The van der Waals surface area contributed by atoms with Gasteiger partial charge in [-0.1, -0.05) is 60.7 Å². The highest BCUT2D eigenvalue weighted by atomic mass is 16.1. The quantitative estimate of drug-likeness (QED) is 0.609. The average Bonchev–Trinajstić information content (AvgIpc) is 3.09. The van der Waals surface area contributed by atoms with Crippen molar-refractivity contribution < 1.29 is 4.79 Å². The van der Waals surface area contributed by atoms with Crippen molar-refractivity contribution in [1.29, 1.82) is 0 Å². The number of aromatic nitrogens is 3. The normalized spacial score (nSPS) is 10.8. The molecule has 4 rings (SSSR count). The molecule has 0 aliphatic rings. The Bertz CT molecular complexity index is 1020. The maximum Gasteiger partial charge on any atom is 0.250 e. The molecule has 0 bridgehead atoms. The number of benzene rings is 2. The number of pyridine rings is 1. The van der Waals surface area contributed by atoms with Crippen LogP contribution in [0.15, 0.2) is 60.7 Å². The Labute approximate surface area is 138 Å². The predicted octanol–water partition coefficient (Wildman–Crippen LogP) is 3.19. The number of amides is 1. The van der Waals surface area contributed by atoms with Crippen molar-refractivity contribution in [3.05, 3.63) is 72.4 Å². The van der Waals surface area contributed by atoms with Crippen LogP contribution in [0.2, 0.25) is 0 Å². The van der Waals surface area contributed by atoms with E-state index in [-0.39, 0.29) is 0 Å². The third kappa shape index (κ3) is 2.23. The van der Waals surface area contributed by atoms with Gasteiger partial charge in [0, 0.05) is 11.1 Å². The van der Waals surface area contributed by atoms with Crippen molar-refractivity contribution in [2.75, 3.05) is 0 Å². The van der Waals surface area contributed by atoms with Crippen LogP contribution in [-0.4, -0.2) is 21.1 Å². The van der Waals surface area contributed by atoms with Crippen LogP contribution in [0.1, 0.15) is 10.4 Å². The molecule has 115 valence electrons. The van der Waals surface area contributed by atoms with Crippen molar-refractivity contribution in [1.82, 2.24) is 15.2 Å². The molecule has 1 radical (unpaired) electrons. The molecule has 0 fully saturated rings. The molecule has 2 aromatic carbocycles. The molecule has 0 spiro atoms. The van der Waals surface area contributed by atoms with E-state index in [0.29, 0.717) is 27.9 Å². The zero-order valence-electron chi connectivity index (χ0n) is 12.7. The molecule has 4 aromatic rings. The zero-order valence-corrected chi connectivity index (χ0v) is 12.7. The first kappa shape index (κ1) is 14.1. The number of nitrogens with zero attached hydrogens (tertiary/aromatic N) is 2. The molecule has 5 heteroatoms. The molecular weight excluding hydrogens is 300 g/mol.